The average Bonchev–Trinajstić information content (AvgIpc) is 2.75. The molecule has 2 heterocycles. The van der Waals surface area contributed by atoms with Crippen molar-refractivity contribution in [3.63, 3.8) is 0 Å². The van der Waals surface area contributed by atoms with Crippen LogP contribution >= 0.6 is 0 Å². The van der Waals surface area contributed by atoms with Crippen LogP contribution in [0.25, 0.3) is 0 Å². The second-order valence-corrected chi connectivity index (χ2v) is 4.35. The Morgan fingerprint density at radius 1 is 1.39 bits per heavy atom. The van der Waals surface area contributed by atoms with E-state index in [1.54, 1.807) is 4.90 Å². The fourth-order valence-electron chi connectivity index (χ4n) is 1.98. The van der Waals surface area contributed by atoms with Crippen molar-refractivity contribution in [2.24, 2.45) is 0 Å². The first-order valence-corrected chi connectivity index (χ1v) is 5.62. The van der Waals surface area contributed by atoms with Crippen molar-refractivity contribution in [2.75, 3.05) is 13.1 Å². The Morgan fingerprint density at radius 3 is 2.50 bits per heavy atom. The van der Waals surface area contributed by atoms with Gasteiger partial charge in [-0.1, -0.05) is 5.16 Å². The Kier molecular flexibility index (Phi) is 3.33. The molecule has 98 valence electrons. The monoisotopic (exact) mass is 254 g/mol. The van der Waals surface area contributed by atoms with E-state index in [2.05, 4.69) is 9.68 Å². The summed E-state index contributed by atoms with van der Waals surface area (Å²) in [5.74, 6) is -1.92. The van der Waals surface area contributed by atoms with Crippen molar-refractivity contribution in [1.82, 2.24) is 10.1 Å². The molecule has 0 radical (unpaired) electrons. The number of morpholine rings is 1. The van der Waals surface area contributed by atoms with Gasteiger partial charge in [-0.05, 0) is 13.8 Å². The Bertz CT molecular complexity index is 460. The van der Waals surface area contributed by atoms with E-state index in [4.69, 9.17) is 9.84 Å². The van der Waals surface area contributed by atoms with Crippen LogP contribution in [0.3, 0.4) is 0 Å². The van der Waals surface area contributed by atoms with Gasteiger partial charge in [0.1, 0.15) is 0 Å². The third-order valence-corrected chi connectivity index (χ3v) is 2.65. The molecule has 1 fully saturated rings. The standard InChI is InChI=1S/C11H14N2O5/c1-6-4-13(5-7(2)17-6)10(14)8-3-9(11(15)16)18-12-8/h3,6-7H,4-5H2,1-2H3,(H,15,16). The zero-order chi connectivity index (χ0) is 13.3. The van der Waals surface area contributed by atoms with Crippen LogP contribution in [-0.4, -0.2) is 52.3 Å². The van der Waals surface area contributed by atoms with Gasteiger partial charge in [0.2, 0.25) is 5.76 Å². The fourth-order valence-corrected chi connectivity index (χ4v) is 1.98. The minimum Gasteiger partial charge on any atom is -0.475 e. The second-order valence-electron chi connectivity index (χ2n) is 4.35. The molecule has 1 amide bonds. The van der Waals surface area contributed by atoms with Gasteiger partial charge in [-0.2, -0.15) is 0 Å². The molecule has 1 aromatic rings. The quantitative estimate of drug-likeness (QED) is 0.831. The zero-order valence-corrected chi connectivity index (χ0v) is 10.1. The number of aromatic carboxylic acids is 1. The third-order valence-electron chi connectivity index (χ3n) is 2.65. The lowest BCUT2D eigenvalue weighted by molar-refractivity contribution is -0.0588. The molecule has 7 nitrogen and oxygen atoms in total. The van der Waals surface area contributed by atoms with Crippen LogP contribution in [0.4, 0.5) is 0 Å². The molecule has 0 spiro atoms. The summed E-state index contributed by atoms with van der Waals surface area (Å²) in [5.41, 5.74) is 0.00806. The molecule has 2 atom stereocenters. The van der Waals surface area contributed by atoms with E-state index in [1.165, 1.54) is 0 Å². The first-order chi connectivity index (χ1) is 8.47. The molecular weight excluding hydrogens is 240 g/mol. The lowest BCUT2D eigenvalue weighted by atomic mass is 10.2. The van der Waals surface area contributed by atoms with Crippen LogP contribution in [0, 0.1) is 0 Å². The highest BCUT2D eigenvalue weighted by atomic mass is 16.5. The third kappa shape index (κ3) is 2.51. The summed E-state index contributed by atoms with van der Waals surface area (Å²) in [6, 6.07) is 1.13. The molecule has 1 aromatic heterocycles. The Labute approximate surface area is 103 Å². The van der Waals surface area contributed by atoms with E-state index < -0.39 is 5.97 Å². The first kappa shape index (κ1) is 12.6. The summed E-state index contributed by atoms with van der Waals surface area (Å²) >= 11 is 0. The van der Waals surface area contributed by atoms with Gasteiger partial charge in [0.25, 0.3) is 5.91 Å². The molecular formula is C11H14N2O5. The van der Waals surface area contributed by atoms with Crippen LogP contribution in [0.2, 0.25) is 0 Å². The number of nitrogens with zero attached hydrogens (tertiary/aromatic N) is 2. The lowest BCUT2D eigenvalue weighted by Crippen LogP contribution is -2.48. The number of aromatic nitrogens is 1. The SMILES string of the molecule is CC1CN(C(=O)c2cc(C(=O)O)on2)CC(C)O1. The van der Waals surface area contributed by atoms with Crippen LogP contribution in [-0.2, 0) is 4.74 Å². The van der Waals surface area contributed by atoms with Crippen LogP contribution < -0.4 is 0 Å². The van der Waals surface area contributed by atoms with Crippen molar-refractivity contribution in [1.29, 1.82) is 0 Å². The van der Waals surface area contributed by atoms with E-state index in [-0.39, 0.29) is 29.6 Å². The number of carboxylic acids is 1. The zero-order valence-electron chi connectivity index (χ0n) is 10.1. The molecule has 1 aliphatic rings. The number of hydrogen-bond acceptors (Lipinski definition) is 5. The smallest absolute Gasteiger partial charge is 0.374 e. The minimum absolute atomic E-state index is 0.00806. The Hall–Kier alpha value is -1.89. The van der Waals surface area contributed by atoms with Crippen molar-refractivity contribution >= 4 is 11.9 Å². The van der Waals surface area contributed by atoms with Crippen LogP contribution in [0.5, 0.6) is 0 Å². The predicted octanol–water partition coefficient (Wildman–Crippen LogP) is 0.622. The normalized spacial score (nSPS) is 24.0. The topological polar surface area (TPSA) is 92.9 Å². The maximum Gasteiger partial charge on any atom is 0.374 e. The summed E-state index contributed by atoms with van der Waals surface area (Å²) in [6.07, 6.45) is -0.105. The number of ether oxygens (including phenoxy) is 1. The van der Waals surface area contributed by atoms with Gasteiger partial charge in [0.15, 0.2) is 5.69 Å². The number of hydrogen-bond donors (Lipinski definition) is 1. The maximum atomic E-state index is 12.1. The molecule has 0 bridgehead atoms. The molecule has 2 unspecified atom stereocenters. The summed E-state index contributed by atoms with van der Waals surface area (Å²) in [7, 11) is 0. The van der Waals surface area contributed by atoms with E-state index in [9.17, 15) is 9.59 Å². The summed E-state index contributed by atoms with van der Waals surface area (Å²) in [5, 5.41) is 12.2. The number of amides is 1. The molecule has 7 heteroatoms. The number of carbonyl (C=O) groups excluding carboxylic acids is 1. The molecule has 1 saturated heterocycles. The van der Waals surface area contributed by atoms with Gasteiger partial charge in [0, 0.05) is 19.2 Å². The summed E-state index contributed by atoms with van der Waals surface area (Å²) in [6.45, 7) is 4.67. The Balaban J connectivity index is 2.12. The molecule has 1 N–H and O–H groups in total. The largest absolute Gasteiger partial charge is 0.475 e. The second kappa shape index (κ2) is 4.77. The van der Waals surface area contributed by atoms with Crippen LogP contribution in [0.1, 0.15) is 34.9 Å². The molecule has 18 heavy (non-hydrogen) atoms. The van der Waals surface area contributed by atoms with Crippen molar-refractivity contribution in [3.8, 4) is 0 Å². The molecule has 0 aliphatic carbocycles. The van der Waals surface area contributed by atoms with E-state index in [1.807, 2.05) is 13.8 Å². The van der Waals surface area contributed by atoms with Gasteiger partial charge in [-0.15, -0.1) is 0 Å². The molecule has 0 aromatic carbocycles. The minimum atomic E-state index is -1.25. The highest BCUT2D eigenvalue weighted by Crippen LogP contribution is 2.14. The van der Waals surface area contributed by atoms with Gasteiger partial charge in [-0.3, -0.25) is 4.79 Å². The van der Waals surface area contributed by atoms with Gasteiger partial charge < -0.3 is 19.3 Å². The van der Waals surface area contributed by atoms with E-state index in [0.717, 1.165) is 6.07 Å². The van der Waals surface area contributed by atoms with E-state index in [0.29, 0.717) is 13.1 Å². The van der Waals surface area contributed by atoms with Crippen molar-refractivity contribution in [2.45, 2.75) is 26.1 Å². The number of rotatable bonds is 2. The Morgan fingerprint density at radius 2 is 2.00 bits per heavy atom. The summed E-state index contributed by atoms with van der Waals surface area (Å²) < 4.78 is 10.1. The van der Waals surface area contributed by atoms with E-state index >= 15 is 0 Å². The number of carbonyl (C=O) groups is 2. The highest BCUT2D eigenvalue weighted by molar-refractivity contribution is 5.94. The van der Waals surface area contributed by atoms with Crippen molar-refractivity contribution in [3.05, 3.63) is 17.5 Å². The van der Waals surface area contributed by atoms with Crippen molar-refractivity contribution < 1.29 is 24.0 Å². The molecule has 0 saturated carbocycles. The first-order valence-electron chi connectivity index (χ1n) is 5.62. The summed E-state index contributed by atoms with van der Waals surface area (Å²) in [4.78, 5) is 24.3. The van der Waals surface area contributed by atoms with Gasteiger partial charge in [0.05, 0.1) is 12.2 Å². The predicted molar refractivity (Wildman–Crippen MR) is 59.4 cm³/mol. The maximum absolute atomic E-state index is 12.1. The number of carboxylic acid groups (broad SMARTS) is 1. The highest BCUT2D eigenvalue weighted by Gasteiger charge is 2.28. The van der Waals surface area contributed by atoms with Crippen LogP contribution in [0.15, 0.2) is 10.6 Å². The van der Waals surface area contributed by atoms with Gasteiger partial charge in [-0.25, -0.2) is 4.79 Å². The fraction of sp³-hybridized carbons (Fsp3) is 0.545. The van der Waals surface area contributed by atoms with Gasteiger partial charge >= 0.3 is 5.97 Å². The lowest BCUT2D eigenvalue weighted by Gasteiger charge is -2.34. The molecule has 1 aliphatic heterocycles. The molecule has 2 rings (SSSR count). The average molecular weight is 254 g/mol.